The second-order valence-electron chi connectivity index (χ2n) is 9.09. The van der Waals surface area contributed by atoms with E-state index in [1.54, 1.807) is 13.8 Å². The van der Waals surface area contributed by atoms with E-state index in [1.807, 2.05) is 80.3 Å². The van der Waals surface area contributed by atoms with Crippen molar-refractivity contribution in [1.82, 2.24) is 4.90 Å². The van der Waals surface area contributed by atoms with Crippen LogP contribution in [0.5, 0.6) is 0 Å². The molecule has 0 aliphatic heterocycles. The van der Waals surface area contributed by atoms with Crippen LogP contribution < -0.4 is 5.32 Å². The molecule has 2 aromatic carbocycles. The number of anilines is 1. The van der Waals surface area contributed by atoms with Crippen molar-refractivity contribution < 1.29 is 19.1 Å². The minimum atomic E-state index is -0.906. The van der Waals surface area contributed by atoms with Gasteiger partial charge in [0.15, 0.2) is 0 Å². The molecule has 0 saturated carbocycles. The number of aryl methyl sites for hydroxylation is 3. The average molecular weight is 481 g/mol. The summed E-state index contributed by atoms with van der Waals surface area (Å²) >= 11 is 1.31. The molecular weight excluding hydrogens is 448 g/mol. The molecule has 0 aliphatic carbocycles. The van der Waals surface area contributed by atoms with Gasteiger partial charge in [-0.1, -0.05) is 29.8 Å². The Morgan fingerprint density at radius 2 is 1.71 bits per heavy atom. The summed E-state index contributed by atoms with van der Waals surface area (Å²) in [5.74, 6) is 0.686. The summed E-state index contributed by atoms with van der Waals surface area (Å²) in [6, 6.07) is 17.6. The molecule has 0 unspecified atom stereocenters. The standard InChI is InChI=1S/C27H32N2O4S/c1-18-6-13-24(19(2)14-18)28-25(30)17-29(16-22-10-7-20(3)33-22)15-21-8-11-23(12-9-21)34-27(4,5)26(31)32/h6-14H,15-17H2,1-5H3,(H,28,30)(H,31,32). The van der Waals surface area contributed by atoms with E-state index in [0.29, 0.717) is 13.1 Å². The van der Waals surface area contributed by atoms with Crippen molar-refractivity contribution in [3.8, 4) is 0 Å². The fourth-order valence-corrected chi connectivity index (χ4v) is 4.51. The largest absolute Gasteiger partial charge is 0.480 e. The lowest BCUT2D eigenvalue weighted by Gasteiger charge is -2.22. The summed E-state index contributed by atoms with van der Waals surface area (Å²) in [6.45, 7) is 10.5. The number of carbonyl (C=O) groups excluding carboxylic acids is 1. The third kappa shape index (κ3) is 7.23. The third-order valence-corrected chi connectivity index (χ3v) is 6.61. The Morgan fingerprint density at radius 1 is 1.00 bits per heavy atom. The van der Waals surface area contributed by atoms with Crippen LogP contribution in [0.2, 0.25) is 0 Å². The molecule has 0 bridgehead atoms. The molecule has 7 heteroatoms. The monoisotopic (exact) mass is 480 g/mol. The van der Waals surface area contributed by atoms with Gasteiger partial charge in [0.2, 0.25) is 5.91 Å². The molecule has 0 atom stereocenters. The van der Waals surface area contributed by atoms with Gasteiger partial charge in [0.25, 0.3) is 0 Å². The van der Waals surface area contributed by atoms with Crippen LogP contribution in [0.3, 0.4) is 0 Å². The second kappa shape index (κ2) is 10.9. The van der Waals surface area contributed by atoms with Crippen LogP contribution in [0.15, 0.2) is 63.9 Å². The first-order valence-corrected chi connectivity index (χ1v) is 12.0. The van der Waals surface area contributed by atoms with Gasteiger partial charge in [0.05, 0.1) is 13.1 Å². The maximum atomic E-state index is 12.9. The first-order valence-electron chi connectivity index (χ1n) is 11.2. The number of nitrogens with one attached hydrogen (secondary N) is 1. The molecule has 0 saturated heterocycles. The van der Waals surface area contributed by atoms with E-state index >= 15 is 0 Å². The summed E-state index contributed by atoms with van der Waals surface area (Å²) < 4.78 is 4.84. The Balaban J connectivity index is 1.71. The van der Waals surface area contributed by atoms with Crippen LogP contribution in [0, 0.1) is 20.8 Å². The van der Waals surface area contributed by atoms with Crippen LogP contribution in [0.4, 0.5) is 5.69 Å². The van der Waals surface area contributed by atoms with E-state index in [-0.39, 0.29) is 12.5 Å². The molecule has 3 aromatic rings. The molecule has 1 aromatic heterocycles. The van der Waals surface area contributed by atoms with E-state index in [9.17, 15) is 14.7 Å². The van der Waals surface area contributed by atoms with Gasteiger partial charge < -0.3 is 14.8 Å². The Hall–Kier alpha value is -3.03. The highest BCUT2D eigenvalue weighted by Gasteiger charge is 2.28. The Morgan fingerprint density at radius 3 is 2.29 bits per heavy atom. The third-order valence-electron chi connectivity index (χ3n) is 5.42. The number of nitrogens with zero attached hydrogens (tertiary/aromatic N) is 1. The molecule has 3 rings (SSSR count). The number of rotatable bonds is 10. The number of carbonyl (C=O) groups is 2. The summed E-state index contributed by atoms with van der Waals surface area (Å²) in [4.78, 5) is 27.2. The van der Waals surface area contributed by atoms with Crippen LogP contribution in [-0.4, -0.2) is 33.2 Å². The number of hydrogen-bond donors (Lipinski definition) is 2. The van der Waals surface area contributed by atoms with E-state index < -0.39 is 10.7 Å². The van der Waals surface area contributed by atoms with Crippen molar-refractivity contribution in [1.29, 1.82) is 0 Å². The molecule has 0 spiro atoms. The number of amides is 1. The molecule has 6 nitrogen and oxygen atoms in total. The van der Waals surface area contributed by atoms with Gasteiger partial charge in [-0.05, 0) is 76.1 Å². The summed E-state index contributed by atoms with van der Waals surface area (Å²) in [7, 11) is 0. The molecular formula is C27H32N2O4S. The first kappa shape index (κ1) is 25.6. The molecule has 180 valence electrons. The maximum absolute atomic E-state index is 12.9. The smallest absolute Gasteiger partial charge is 0.319 e. The minimum Gasteiger partial charge on any atom is -0.480 e. The second-order valence-corrected chi connectivity index (χ2v) is 10.8. The van der Waals surface area contributed by atoms with E-state index in [4.69, 9.17) is 4.42 Å². The van der Waals surface area contributed by atoms with Gasteiger partial charge in [-0.2, -0.15) is 0 Å². The van der Waals surface area contributed by atoms with Crippen LogP contribution in [0.1, 0.15) is 42.1 Å². The number of thioether (sulfide) groups is 1. The molecule has 0 fully saturated rings. The quantitative estimate of drug-likeness (QED) is 0.357. The van der Waals surface area contributed by atoms with Crippen molar-refractivity contribution >= 4 is 29.3 Å². The number of benzene rings is 2. The number of carboxylic acid groups (broad SMARTS) is 1. The van der Waals surface area contributed by atoms with Crippen molar-refractivity contribution in [3.05, 3.63) is 82.8 Å². The summed E-state index contributed by atoms with van der Waals surface area (Å²) in [5, 5.41) is 12.4. The fraction of sp³-hybridized carbons (Fsp3) is 0.333. The summed E-state index contributed by atoms with van der Waals surface area (Å²) in [5.41, 5.74) is 4.02. The molecule has 1 amide bonds. The zero-order valence-electron chi connectivity index (χ0n) is 20.3. The van der Waals surface area contributed by atoms with E-state index in [0.717, 1.165) is 38.8 Å². The van der Waals surface area contributed by atoms with Gasteiger partial charge in [0.1, 0.15) is 16.3 Å². The molecule has 1 heterocycles. The van der Waals surface area contributed by atoms with E-state index in [1.165, 1.54) is 11.8 Å². The number of aliphatic carboxylic acids is 1. The van der Waals surface area contributed by atoms with Crippen molar-refractivity contribution in [2.24, 2.45) is 0 Å². The summed E-state index contributed by atoms with van der Waals surface area (Å²) in [6.07, 6.45) is 0. The van der Waals surface area contributed by atoms with Gasteiger partial charge in [-0.25, -0.2) is 0 Å². The first-order chi connectivity index (χ1) is 16.0. The van der Waals surface area contributed by atoms with E-state index in [2.05, 4.69) is 5.32 Å². The van der Waals surface area contributed by atoms with Gasteiger partial charge in [0, 0.05) is 17.1 Å². The van der Waals surface area contributed by atoms with Crippen molar-refractivity contribution in [3.63, 3.8) is 0 Å². The minimum absolute atomic E-state index is 0.0920. The van der Waals surface area contributed by atoms with Crippen LogP contribution in [0.25, 0.3) is 0 Å². The topological polar surface area (TPSA) is 82.8 Å². The lowest BCUT2D eigenvalue weighted by Crippen LogP contribution is -2.32. The highest BCUT2D eigenvalue weighted by molar-refractivity contribution is 8.01. The molecule has 0 aliphatic rings. The predicted molar refractivity (Wildman–Crippen MR) is 136 cm³/mol. The highest BCUT2D eigenvalue weighted by Crippen LogP contribution is 2.32. The Kier molecular flexibility index (Phi) is 8.23. The highest BCUT2D eigenvalue weighted by atomic mass is 32.2. The zero-order chi connectivity index (χ0) is 24.9. The van der Waals surface area contributed by atoms with Gasteiger partial charge in [-0.3, -0.25) is 14.5 Å². The average Bonchev–Trinajstić information content (AvgIpc) is 3.15. The SMILES string of the molecule is Cc1ccc(NC(=O)CN(Cc2ccc(SC(C)(C)C(=O)O)cc2)Cc2ccc(C)o2)c(C)c1. The molecule has 2 N–H and O–H groups in total. The normalized spacial score (nSPS) is 11.6. The molecule has 34 heavy (non-hydrogen) atoms. The lowest BCUT2D eigenvalue weighted by molar-refractivity contribution is -0.138. The number of hydrogen-bond acceptors (Lipinski definition) is 5. The number of carboxylic acids is 1. The Labute approximate surface area is 205 Å². The molecule has 0 radical (unpaired) electrons. The number of furan rings is 1. The van der Waals surface area contributed by atoms with Crippen molar-refractivity contribution in [2.45, 2.75) is 57.4 Å². The van der Waals surface area contributed by atoms with Crippen molar-refractivity contribution in [2.75, 3.05) is 11.9 Å². The Bertz CT molecular complexity index is 1150. The van der Waals surface area contributed by atoms with Gasteiger partial charge in [-0.15, -0.1) is 11.8 Å². The van der Waals surface area contributed by atoms with Crippen LogP contribution in [-0.2, 0) is 22.7 Å². The van der Waals surface area contributed by atoms with Crippen LogP contribution >= 0.6 is 11.8 Å². The fourth-order valence-electron chi connectivity index (χ4n) is 3.56. The maximum Gasteiger partial charge on any atom is 0.319 e. The van der Waals surface area contributed by atoms with Gasteiger partial charge >= 0.3 is 5.97 Å². The zero-order valence-corrected chi connectivity index (χ0v) is 21.2. The predicted octanol–water partition coefficient (Wildman–Crippen LogP) is 5.80. The lowest BCUT2D eigenvalue weighted by atomic mass is 10.1.